The summed E-state index contributed by atoms with van der Waals surface area (Å²) >= 11 is 0. The smallest absolute Gasteiger partial charge is 0.396 e. The molecule has 7 heteroatoms. The van der Waals surface area contributed by atoms with Crippen molar-refractivity contribution in [1.82, 2.24) is 9.88 Å². The van der Waals surface area contributed by atoms with Crippen LogP contribution in [-0.2, 0) is 17.5 Å². The Labute approximate surface area is 134 Å². The molecule has 130 valence electrons. The highest BCUT2D eigenvalue weighted by Gasteiger charge is 2.35. The number of hydrogen-bond donors (Lipinski definition) is 1. The average Bonchev–Trinajstić information content (AvgIpc) is 2.53. The average molecular weight is 332 g/mol. The number of alkyl halides is 3. The van der Waals surface area contributed by atoms with Crippen molar-refractivity contribution in [3.8, 4) is 0 Å². The summed E-state index contributed by atoms with van der Waals surface area (Å²) in [5, 5.41) is 9.76. The SMILES string of the molecule is COCCC1(CO)CCCN(Cc2ccc(C(F)(F)F)nc2)C1. The van der Waals surface area contributed by atoms with Crippen LogP contribution in [0.1, 0.15) is 30.5 Å². The van der Waals surface area contributed by atoms with E-state index in [-0.39, 0.29) is 12.0 Å². The van der Waals surface area contributed by atoms with E-state index >= 15 is 0 Å². The molecule has 0 radical (unpaired) electrons. The number of likely N-dealkylation sites (tertiary alicyclic amines) is 1. The van der Waals surface area contributed by atoms with Crippen LogP contribution in [0.3, 0.4) is 0 Å². The summed E-state index contributed by atoms with van der Waals surface area (Å²) in [4.78, 5) is 5.67. The second-order valence-corrected chi connectivity index (χ2v) is 6.26. The lowest BCUT2D eigenvalue weighted by atomic mass is 9.78. The molecule has 1 aromatic rings. The highest BCUT2D eigenvalue weighted by molar-refractivity contribution is 5.16. The summed E-state index contributed by atoms with van der Waals surface area (Å²) in [7, 11) is 1.64. The van der Waals surface area contributed by atoms with E-state index < -0.39 is 11.9 Å². The van der Waals surface area contributed by atoms with E-state index in [1.807, 2.05) is 0 Å². The van der Waals surface area contributed by atoms with Gasteiger partial charge < -0.3 is 9.84 Å². The molecule has 2 rings (SSSR count). The molecule has 1 unspecified atom stereocenters. The molecular formula is C16H23F3N2O2. The third-order valence-corrected chi connectivity index (χ3v) is 4.43. The zero-order valence-corrected chi connectivity index (χ0v) is 13.3. The fourth-order valence-electron chi connectivity index (χ4n) is 3.12. The second-order valence-electron chi connectivity index (χ2n) is 6.26. The first-order chi connectivity index (χ1) is 10.9. The fourth-order valence-corrected chi connectivity index (χ4v) is 3.12. The molecule has 0 aromatic carbocycles. The number of aliphatic hydroxyl groups is 1. The van der Waals surface area contributed by atoms with Crippen LogP contribution in [-0.4, -0.2) is 48.4 Å². The van der Waals surface area contributed by atoms with Crippen molar-refractivity contribution in [2.75, 3.05) is 33.4 Å². The van der Waals surface area contributed by atoms with E-state index in [0.29, 0.717) is 19.7 Å². The zero-order valence-electron chi connectivity index (χ0n) is 13.3. The predicted molar refractivity (Wildman–Crippen MR) is 79.8 cm³/mol. The Morgan fingerprint density at radius 3 is 2.74 bits per heavy atom. The van der Waals surface area contributed by atoms with Crippen molar-refractivity contribution in [2.45, 2.75) is 32.0 Å². The normalized spacial score (nSPS) is 23.2. The highest BCUT2D eigenvalue weighted by Crippen LogP contribution is 2.34. The molecule has 23 heavy (non-hydrogen) atoms. The van der Waals surface area contributed by atoms with Gasteiger partial charge in [0.25, 0.3) is 0 Å². The second kappa shape index (κ2) is 7.59. The molecule has 0 saturated carbocycles. The van der Waals surface area contributed by atoms with Gasteiger partial charge in [-0.25, -0.2) is 0 Å². The molecular weight excluding hydrogens is 309 g/mol. The van der Waals surface area contributed by atoms with Gasteiger partial charge >= 0.3 is 6.18 Å². The number of rotatable bonds is 6. The Balaban J connectivity index is 1.99. The van der Waals surface area contributed by atoms with Gasteiger partial charge in [0.2, 0.25) is 0 Å². The van der Waals surface area contributed by atoms with E-state index in [9.17, 15) is 18.3 Å². The number of nitrogens with zero attached hydrogens (tertiary/aromatic N) is 2. The van der Waals surface area contributed by atoms with Crippen LogP contribution in [0.4, 0.5) is 13.2 Å². The molecule has 1 N–H and O–H groups in total. The van der Waals surface area contributed by atoms with Crippen LogP contribution >= 0.6 is 0 Å². The summed E-state index contributed by atoms with van der Waals surface area (Å²) < 4.78 is 42.7. The molecule has 1 aliphatic rings. The van der Waals surface area contributed by atoms with Crippen molar-refractivity contribution < 1.29 is 23.0 Å². The zero-order chi connectivity index (χ0) is 16.9. The van der Waals surface area contributed by atoms with Gasteiger partial charge in [0.15, 0.2) is 0 Å². The number of aliphatic hydroxyl groups excluding tert-OH is 1. The van der Waals surface area contributed by atoms with Crippen LogP contribution in [0.25, 0.3) is 0 Å². The van der Waals surface area contributed by atoms with E-state index in [1.165, 1.54) is 12.3 Å². The lowest BCUT2D eigenvalue weighted by Crippen LogP contribution is -2.45. The van der Waals surface area contributed by atoms with Crippen LogP contribution in [0.2, 0.25) is 0 Å². The van der Waals surface area contributed by atoms with Gasteiger partial charge in [-0.05, 0) is 37.4 Å². The maximum absolute atomic E-state index is 12.5. The van der Waals surface area contributed by atoms with E-state index in [0.717, 1.165) is 37.4 Å². The van der Waals surface area contributed by atoms with Crippen LogP contribution in [0, 0.1) is 5.41 Å². The molecule has 2 heterocycles. The molecule has 4 nitrogen and oxygen atoms in total. The number of ether oxygens (including phenoxy) is 1. The van der Waals surface area contributed by atoms with Gasteiger partial charge in [0.05, 0.1) is 6.61 Å². The van der Waals surface area contributed by atoms with Crippen molar-refractivity contribution in [3.05, 3.63) is 29.6 Å². The maximum atomic E-state index is 12.5. The van der Waals surface area contributed by atoms with Crippen molar-refractivity contribution in [3.63, 3.8) is 0 Å². The Morgan fingerprint density at radius 1 is 1.39 bits per heavy atom. The van der Waals surface area contributed by atoms with Crippen molar-refractivity contribution in [1.29, 1.82) is 0 Å². The summed E-state index contributed by atoms with van der Waals surface area (Å²) in [6.07, 6.45) is -0.447. The maximum Gasteiger partial charge on any atom is 0.433 e. The van der Waals surface area contributed by atoms with Crippen LogP contribution in [0.5, 0.6) is 0 Å². The number of pyridine rings is 1. The largest absolute Gasteiger partial charge is 0.433 e. The minimum atomic E-state index is -4.41. The predicted octanol–water partition coefficient (Wildman–Crippen LogP) is 2.71. The quantitative estimate of drug-likeness (QED) is 0.870. The van der Waals surface area contributed by atoms with Gasteiger partial charge in [0.1, 0.15) is 5.69 Å². The van der Waals surface area contributed by atoms with Crippen molar-refractivity contribution in [2.24, 2.45) is 5.41 Å². The first-order valence-corrected chi connectivity index (χ1v) is 7.73. The fraction of sp³-hybridized carbons (Fsp3) is 0.688. The van der Waals surface area contributed by atoms with Crippen molar-refractivity contribution >= 4 is 0 Å². The number of aromatic nitrogens is 1. The van der Waals surface area contributed by atoms with Gasteiger partial charge in [0, 0.05) is 38.4 Å². The lowest BCUT2D eigenvalue weighted by molar-refractivity contribution is -0.141. The monoisotopic (exact) mass is 332 g/mol. The van der Waals surface area contributed by atoms with Gasteiger partial charge in [-0.3, -0.25) is 9.88 Å². The minimum absolute atomic E-state index is 0.0954. The van der Waals surface area contributed by atoms with Gasteiger partial charge in [-0.2, -0.15) is 13.2 Å². The van der Waals surface area contributed by atoms with Crippen LogP contribution in [0.15, 0.2) is 18.3 Å². The van der Waals surface area contributed by atoms with Crippen LogP contribution < -0.4 is 0 Å². The minimum Gasteiger partial charge on any atom is -0.396 e. The van der Waals surface area contributed by atoms with E-state index in [2.05, 4.69) is 9.88 Å². The molecule has 1 saturated heterocycles. The molecule has 0 spiro atoms. The molecule has 1 fully saturated rings. The first kappa shape index (κ1) is 18.2. The Kier molecular flexibility index (Phi) is 6.00. The molecule has 0 bridgehead atoms. The number of halogens is 3. The van der Waals surface area contributed by atoms with E-state index in [1.54, 1.807) is 7.11 Å². The topological polar surface area (TPSA) is 45.6 Å². The third-order valence-electron chi connectivity index (χ3n) is 4.43. The molecule has 1 atom stereocenters. The Hall–Kier alpha value is -1.18. The Bertz CT molecular complexity index is 493. The third kappa shape index (κ3) is 4.89. The number of hydrogen-bond acceptors (Lipinski definition) is 4. The molecule has 0 aliphatic carbocycles. The highest BCUT2D eigenvalue weighted by atomic mass is 19.4. The van der Waals surface area contributed by atoms with E-state index in [4.69, 9.17) is 4.74 Å². The molecule has 0 amide bonds. The summed E-state index contributed by atoms with van der Waals surface area (Å²) in [6, 6.07) is 2.49. The van der Waals surface area contributed by atoms with Gasteiger partial charge in [-0.1, -0.05) is 6.07 Å². The number of methoxy groups -OCH3 is 1. The summed E-state index contributed by atoms with van der Waals surface area (Å²) in [5.74, 6) is 0. The number of piperidine rings is 1. The first-order valence-electron chi connectivity index (χ1n) is 7.73. The lowest BCUT2D eigenvalue weighted by Gasteiger charge is -2.42. The summed E-state index contributed by atoms with van der Waals surface area (Å²) in [5.41, 5.74) is -0.309. The molecule has 1 aromatic heterocycles. The Morgan fingerprint density at radius 2 is 2.17 bits per heavy atom. The standard InChI is InChI=1S/C16H23F3N2O2/c1-23-8-6-15(12-22)5-2-7-21(11-15)10-13-3-4-14(20-9-13)16(17,18)19/h3-4,9,22H,2,5-8,10-12H2,1H3. The van der Waals surface area contributed by atoms with Gasteiger partial charge in [-0.15, -0.1) is 0 Å². The summed E-state index contributed by atoms with van der Waals surface area (Å²) in [6.45, 7) is 2.82. The molecule has 1 aliphatic heterocycles.